The summed E-state index contributed by atoms with van der Waals surface area (Å²) in [6, 6.07) is 6.48. The molecule has 26 heavy (non-hydrogen) atoms. The minimum Gasteiger partial charge on any atom is -0.497 e. The fraction of sp³-hybridized carbons (Fsp3) is 0.278. The van der Waals surface area contributed by atoms with E-state index in [0.29, 0.717) is 29.8 Å². The summed E-state index contributed by atoms with van der Waals surface area (Å²) in [5.74, 6) is -0.225. The van der Waals surface area contributed by atoms with Gasteiger partial charge in [-0.3, -0.25) is 14.5 Å². The predicted molar refractivity (Wildman–Crippen MR) is 94.1 cm³/mol. The van der Waals surface area contributed by atoms with Gasteiger partial charge in [-0.25, -0.2) is 4.98 Å². The summed E-state index contributed by atoms with van der Waals surface area (Å²) < 4.78 is 5.23. The van der Waals surface area contributed by atoms with E-state index in [2.05, 4.69) is 15.0 Å². The monoisotopic (exact) mass is 354 g/mol. The number of carboxylic acid groups (broad SMARTS) is 1. The number of benzene rings is 1. The third kappa shape index (κ3) is 2.84. The highest BCUT2D eigenvalue weighted by molar-refractivity contribution is 5.80. The van der Waals surface area contributed by atoms with E-state index in [4.69, 9.17) is 4.74 Å². The first kappa shape index (κ1) is 16.3. The largest absolute Gasteiger partial charge is 0.497 e. The Labute approximate surface area is 148 Å². The summed E-state index contributed by atoms with van der Waals surface area (Å²) in [4.78, 5) is 36.0. The van der Waals surface area contributed by atoms with Crippen LogP contribution in [0, 0.1) is 0 Å². The first-order valence-electron chi connectivity index (χ1n) is 8.23. The Morgan fingerprint density at radius 3 is 3.04 bits per heavy atom. The smallest absolute Gasteiger partial charge is 0.321 e. The molecular weight excluding hydrogens is 336 g/mol. The van der Waals surface area contributed by atoms with Gasteiger partial charge in [0.25, 0.3) is 5.56 Å². The molecule has 1 unspecified atom stereocenters. The van der Waals surface area contributed by atoms with Crippen molar-refractivity contribution in [3.8, 4) is 5.75 Å². The Bertz CT molecular complexity index is 1040. The number of fused-ring (bicyclic) bond motifs is 2. The van der Waals surface area contributed by atoms with Crippen LogP contribution in [0.5, 0.6) is 5.75 Å². The van der Waals surface area contributed by atoms with Crippen LogP contribution in [0.1, 0.15) is 17.0 Å². The van der Waals surface area contributed by atoms with Crippen LogP contribution in [0.2, 0.25) is 0 Å². The van der Waals surface area contributed by atoms with E-state index in [1.165, 1.54) is 0 Å². The molecule has 8 nitrogen and oxygen atoms in total. The quantitative estimate of drug-likeness (QED) is 0.651. The second kappa shape index (κ2) is 6.30. The fourth-order valence-electron chi connectivity index (χ4n) is 3.39. The lowest BCUT2D eigenvalue weighted by molar-refractivity contribution is -0.144. The molecule has 1 aromatic carbocycles. The van der Waals surface area contributed by atoms with Crippen LogP contribution in [0.15, 0.2) is 35.4 Å². The third-order valence-corrected chi connectivity index (χ3v) is 4.78. The molecule has 1 aliphatic rings. The van der Waals surface area contributed by atoms with Gasteiger partial charge in [-0.2, -0.15) is 0 Å². The van der Waals surface area contributed by atoms with Crippen molar-refractivity contribution in [2.75, 3.05) is 7.11 Å². The van der Waals surface area contributed by atoms with Gasteiger partial charge >= 0.3 is 5.97 Å². The van der Waals surface area contributed by atoms with Crippen LogP contribution >= 0.6 is 0 Å². The molecule has 4 rings (SSSR count). The van der Waals surface area contributed by atoms with Crippen molar-refractivity contribution in [1.29, 1.82) is 0 Å². The molecular formula is C18H18N4O4. The van der Waals surface area contributed by atoms with Gasteiger partial charge in [-0.05, 0) is 24.3 Å². The van der Waals surface area contributed by atoms with Gasteiger partial charge in [-0.15, -0.1) is 0 Å². The number of aliphatic carboxylic acids is 1. The normalized spacial score (nSPS) is 17.2. The minimum atomic E-state index is -0.919. The molecule has 0 aliphatic carbocycles. The number of imidazole rings is 1. The molecule has 1 atom stereocenters. The van der Waals surface area contributed by atoms with Crippen LogP contribution < -0.4 is 10.3 Å². The maximum absolute atomic E-state index is 12.5. The second-order valence-electron chi connectivity index (χ2n) is 6.37. The molecule has 0 spiro atoms. The maximum Gasteiger partial charge on any atom is 0.321 e. The Morgan fingerprint density at radius 2 is 2.27 bits per heavy atom. The van der Waals surface area contributed by atoms with Gasteiger partial charge < -0.3 is 19.8 Å². The Morgan fingerprint density at radius 1 is 1.42 bits per heavy atom. The number of nitrogens with zero attached hydrogens (tertiary/aromatic N) is 2. The lowest BCUT2D eigenvalue weighted by atomic mass is 10.0. The van der Waals surface area contributed by atoms with E-state index in [9.17, 15) is 14.7 Å². The topological polar surface area (TPSA) is 111 Å². The third-order valence-electron chi connectivity index (χ3n) is 4.78. The molecule has 0 bridgehead atoms. The Balaban J connectivity index is 1.70. The lowest BCUT2D eigenvalue weighted by Gasteiger charge is -2.32. The number of nitrogens with one attached hydrogen (secondary N) is 2. The molecule has 2 aromatic heterocycles. The summed E-state index contributed by atoms with van der Waals surface area (Å²) in [5.41, 5.74) is 2.67. The van der Waals surface area contributed by atoms with E-state index in [1.54, 1.807) is 36.5 Å². The highest BCUT2D eigenvalue weighted by Crippen LogP contribution is 2.24. The highest BCUT2D eigenvalue weighted by Gasteiger charge is 2.33. The number of ether oxygens (including phenoxy) is 1. The van der Waals surface area contributed by atoms with E-state index in [1.807, 2.05) is 6.07 Å². The molecule has 3 aromatic rings. The van der Waals surface area contributed by atoms with Crippen molar-refractivity contribution in [3.05, 3.63) is 57.9 Å². The zero-order chi connectivity index (χ0) is 18.3. The summed E-state index contributed by atoms with van der Waals surface area (Å²) in [5, 5.41) is 10.4. The van der Waals surface area contributed by atoms with Crippen molar-refractivity contribution in [2.24, 2.45) is 0 Å². The Hall–Kier alpha value is -3.13. The summed E-state index contributed by atoms with van der Waals surface area (Å²) in [6.45, 7) is 0.639. The number of H-pyrrole nitrogens is 2. The van der Waals surface area contributed by atoms with Crippen LogP contribution in [0.4, 0.5) is 0 Å². The van der Waals surface area contributed by atoms with Crippen molar-refractivity contribution < 1.29 is 14.6 Å². The minimum absolute atomic E-state index is 0.220. The van der Waals surface area contributed by atoms with Gasteiger partial charge in [-0.1, -0.05) is 0 Å². The lowest BCUT2D eigenvalue weighted by Crippen LogP contribution is -2.45. The number of hydrogen-bond acceptors (Lipinski definition) is 5. The van der Waals surface area contributed by atoms with E-state index in [-0.39, 0.29) is 12.1 Å². The first-order chi connectivity index (χ1) is 12.5. The van der Waals surface area contributed by atoms with Crippen molar-refractivity contribution in [2.45, 2.75) is 25.6 Å². The van der Waals surface area contributed by atoms with Crippen molar-refractivity contribution >= 4 is 16.9 Å². The highest BCUT2D eigenvalue weighted by atomic mass is 16.5. The summed E-state index contributed by atoms with van der Waals surface area (Å²) in [6.07, 6.45) is 1.88. The molecule has 3 heterocycles. The van der Waals surface area contributed by atoms with Crippen molar-refractivity contribution in [1.82, 2.24) is 19.9 Å². The number of carbonyl (C=O) groups is 1. The zero-order valence-corrected chi connectivity index (χ0v) is 14.2. The zero-order valence-electron chi connectivity index (χ0n) is 14.2. The number of methoxy groups -OCH3 is 1. The molecule has 1 aliphatic heterocycles. The van der Waals surface area contributed by atoms with Crippen molar-refractivity contribution in [3.63, 3.8) is 0 Å². The molecule has 0 amide bonds. The predicted octanol–water partition coefficient (Wildman–Crippen LogP) is 1.27. The fourth-order valence-corrected chi connectivity index (χ4v) is 3.39. The van der Waals surface area contributed by atoms with Gasteiger partial charge in [0, 0.05) is 36.0 Å². The standard InChI is InChI=1S/C18H18N4O4/c1-26-12-2-3-13-10(5-12)4-11(17(23)21-13)7-22-8-15-14(19-9-20-15)6-16(22)18(24)25/h2-5,9,16H,6-8H2,1H3,(H,19,20)(H,21,23)(H,24,25). The van der Waals surface area contributed by atoms with Gasteiger partial charge in [0.15, 0.2) is 0 Å². The number of rotatable bonds is 4. The van der Waals surface area contributed by atoms with Gasteiger partial charge in [0.05, 0.1) is 24.8 Å². The molecule has 134 valence electrons. The molecule has 8 heteroatoms. The molecule has 0 fully saturated rings. The van der Waals surface area contributed by atoms with E-state index >= 15 is 0 Å². The first-order valence-corrected chi connectivity index (χ1v) is 8.23. The summed E-state index contributed by atoms with van der Waals surface area (Å²) in [7, 11) is 1.58. The van der Waals surface area contributed by atoms with Crippen LogP contribution in [0.3, 0.4) is 0 Å². The van der Waals surface area contributed by atoms with E-state index in [0.717, 1.165) is 16.8 Å². The average Bonchev–Trinajstić information content (AvgIpc) is 3.08. The van der Waals surface area contributed by atoms with Crippen LogP contribution in [0.25, 0.3) is 10.9 Å². The maximum atomic E-state index is 12.5. The van der Waals surface area contributed by atoms with Gasteiger partial charge in [0.1, 0.15) is 11.8 Å². The van der Waals surface area contributed by atoms with Gasteiger partial charge in [0.2, 0.25) is 0 Å². The molecule has 0 radical (unpaired) electrons. The molecule has 3 N–H and O–H groups in total. The number of carboxylic acids is 1. The van der Waals surface area contributed by atoms with E-state index < -0.39 is 12.0 Å². The molecule has 0 saturated carbocycles. The van der Waals surface area contributed by atoms with Crippen LogP contribution in [-0.4, -0.2) is 44.1 Å². The average molecular weight is 354 g/mol. The number of pyridine rings is 1. The number of aromatic nitrogens is 3. The van der Waals surface area contributed by atoms with Crippen LogP contribution in [-0.2, 0) is 24.3 Å². The Kier molecular flexibility index (Phi) is 3.96. The molecule has 0 saturated heterocycles. The second-order valence-corrected chi connectivity index (χ2v) is 6.37. The SMILES string of the molecule is COc1ccc2[nH]c(=O)c(CN3Cc4[nH]cnc4CC3C(=O)O)cc2c1. The number of aromatic amines is 2. The summed E-state index contributed by atoms with van der Waals surface area (Å²) >= 11 is 0. The number of hydrogen-bond donors (Lipinski definition) is 3.